The van der Waals surface area contributed by atoms with Gasteiger partial charge in [-0.2, -0.15) is 0 Å². The fraction of sp³-hybridized carbons (Fsp3) is 0.250. The van der Waals surface area contributed by atoms with Gasteiger partial charge in [-0.15, -0.1) is 0 Å². The second-order valence-corrected chi connectivity index (χ2v) is 6.04. The molecule has 3 aromatic heterocycles. The molecule has 2 N–H and O–H groups in total. The third kappa shape index (κ3) is 4.07. The summed E-state index contributed by atoms with van der Waals surface area (Å²) >= 11 is 0. The standard InChI is InChI=1S/C20H20N4O6/c1-3-29-15(25)11-13-12(7-5-9-21-13)23-20(28)24-14-8-6-10-22-17(14)16(18(24)26)19(27)30-4-2/h5-10,26H,3-4,11H2,1-2H3,(H,23,28). The lowest BCUT2D eigenvalue weighted by molar-refractivity contribution is -0.142. The van der Waals surface area contributed by atoms with Crippen molar-refractivity contribution in [2.24, 2.45) is 0 Å². The summed E-state index contributed by atoms with van der Waals surface area (Å²) in [6.07, 6.45) is 2.78. The maximum absolute atomic E-state index is 13.0. The zero-order valence-corrected chi connectivity index (χ0v) is 16.4. The number of hydrogen-bond acceptors (Lipinski definition) is 8. The lowest BCUT2D eigenvalue weighted by Gasteiger charge is -2.11. The Bertz CT molecular complexity index is 1110. The van der Waals surface area contributed by atoms with Crippen LogP contribution in [0.15, 0.2) is 36.7 Å². The molecule has 0 spiro atoms. The van der Waals surface area contributed by atoms with Gasteiger partial charge >= 0.3 is 18.0 Å². The third-order valence-corrected chi connectivity index (χ3v) is 4.13. The number of nitrogens with one attached hydrogen (secondary N) is 1. The largest absolute Gasteiger partial charge is 0.493 e. The minimum absolute atomic E-state index is 0.0941. The number of hydrogen-bond donors (Lipinski definition) is 2. The molecular formula is C20H20N4O6. The third-order valence-electron chi connectivity index (χ3n) is 4.13. The Kier molecular flexibility index (Phi) is 6.26. The molecule has 10 nitrogen and oxygen atoms in total. The van der Waals surface area contributed by atoms with Gasteiger partial charge in [-0.1, -0.05) is 0 Å². The first-order valence-electron chi connectivity index (χ1n) is 9.24. The van der Waals surface area contributed by atoms with Crippen LogP contribution >= 0.6 is 0 Å². The first-order valence-corrected chi connectivity index (χ1v) is 9.24. The Morgan fingerprint density at radius 3 is 2.50 bits per heavy atom. The number of carbonyl (C=O) groups is 3. The quantitative estimate of drug-likeness (QED) is 0.590. The molecule has 3 aromatic rings. The predicted octanol–water partition coefficient (Wildman–Crippen LogP) is 2.50. The number of esters is 2. The molecule has 30 heavy (non-hydrogen) atoms. The second-order valence-electron chi connectivity index (χ2n) is 6.04. The Balaban J connectivity index is 1.99. The van der Waals surface area contributed by atoms with Crippen LogP contribution in [0.2, 0.25) is 0 Å². The van der Waals surface area contributed by atoms with Crippen LogP contribution in [-0.2, 0) is 20.7 Å². The van der Waals surface area contributed by atoms with Gasteiger partial charge in [0.25, 0.3) is 0 Å². The van der Waals surface area contributed by atoms with Crippen molar-refractivity contribution >= 4 is 34.7 Å². The SMILES string of the molecule is CCOC(=O)Cc1ncccc1NC(=O)n1c(O)c(C(=O)OCC)c2ncccc21. The molecule has 0 bridgehead atoms. The highest BCUT2D eigenvalue weighted by Crippen LogP contribution is 2.31. The molecule has 0 saturated carbocycles. The minimum atomic E-state index is -0.797. The van der Waals surface area contributed by atoms with E-state index < -0.39 is 23.8 Å². The molecule has 10 heteroatoms. The van der Waals surface area contributed by atoms with Crippen molar-refractivity contribution in [1.82, 2.24) is 14.5 Å². The monoisotopic (exact) mass is 412 g/mol. The number of nitrogens with zero attached hydrogens (tertiary/aromatic N) is 3. The predicted molar refractivity (Wildman–Crippen MR) is 106 cm³/mol. The van der Waals surface area contributed by atoms with E-state index in [-0.39, 0.29) is 41.9 Å². The van der Waals surface area contributed by atoms with Gasteiger partial charge in [-0.25, -0.2) is 14.2 Å². The van der Waals surface area contributed by atoms with E-state index in [1.54, 1.807) is 32.0 Å². The van der Waals surface area contributed by atoms with Crippen LogP contribution in [0.1, 0.15) is 29.9 Å². The van der Waals surface area contributed by atoms with E-state index in [0.29, 0.717) is 5.69 Å². The molecule has 0 saturated heterocycles. The van der Waals surface area contributed by atoms with Crippen LogP contribution in [0.25, 0.3) is 11.0 Å². The summed E-state index contributed by atoms with van der Waals surface area (Å²) in [5.41, 5.74) is 0.691. The molecule has 0 aromatic carbocycles. The Hall–Kier alpha value is -3.95. The van der Waals surface area contributed by atoms with Gasteiger partial charge < -0.3 is 19.9 Å². The van der Waals surface area contributed by atoms with Gasteiger partial charge in [0.05, 0.1) is 36.5 Å². The molecule has 0 aliphatic carbocycles. The van der Waals surface area contributed by atoms with Crippen molar-refractivity contribution in [2.45, 2.75) is 20.3 Å². The van der Waals surface area contributed by atoms with Crippen LogP contribution in [-0.4, -0.2) is 50.8 Å². The number of pyridine rings is 2. The Morgan fingerprint density at radius 2 is 1.77 bits per heavy atom. The number of ether oxygens (including phenoxy) is 2. The van der Waals surface area contributed by atoms with Crippen molar-refractivity contribution in [3.63, 3.8) is 0 Å². The first kappa shape index (κ1) is 20.8. The topological polar surface area (TPSA) is 133 Å². The first-order chi connectivity index (χ1) is 14.5. The van der Waals surface area contributed by atoms with Crippen molar-refractivity contribution < 1.29 is 29.0 Å². The average Bonchev–Trinajstić information content (AvgIpc) is 3.01. The van der Waals surface area contributed by atoms with Crippen LogP contribution in [0.3, 0.4) is 0 Å². The van der Waals surface area contributed by atoms with Gasteiger partial charge in [0.15, 0.2) is 0 Å². The highest BCUT2D eigenvalue weighted by atomic mass is 16.5. The van der Waals surface area contributed by atoms with Crippen molar-refractivity contribution in [1.29, 1.82) is 0 Å². The van der Waals surface area contributed by atoms with Crippen molar-refractivity contribution in [3.8, 4) is 5.88 Å². The molecule has 0 fully saturated rings. The fourth-order valence-corrected chi connectivity index (χ4v) is 2.91. The molecule has 3 rings (SSSR count). The lowest BCUT2D eigenvalue weighted by atomic mass is 10.2. The molecular weight excluding hydrogens is 392 g/mol. The van der Waals surface area contributed by atoms with Gasteiger partial charge in [0.1, 0.15) is 11.1 Å². The fourth-order valence-electron chi connectivity index (χ4n) is 2.91. The Labute approximate surface area is 171 Å². The smallest absolute Gasteiger partial charge is 0.345 e. The summed E-state index contributed by atoms with van der Waals surface area (Å²) in [7, 11) is 0. The highest BCUT2D eigenvalue weighted by molar-refractivity contribution is 6.10. The van der Waals surface area contributed by atoms with E-state index in [2.05, 4.69) is 15.3 Å². The molecule has 156 valence electrons. The van der Waals surface area contributed by atoms with Gasteiger partial charge in [0.2, 0.25) is 5.88 Å². The minimum Gasteiger partial charge on any atom is -0.493 e. The molecule has 3 heterocycles. The molecule has 0 radical (unpaired) electrons. The molecule has 0 atom stereocenters. The van der Waals surface area contributed by atoms with Crippen LogP contribution in [0.4, 0.5) is 10.5 Å². The van der Waals surface area contributed by atoms with Crippen LogP contribution < -0.4 is 5.32 Å². The van der Waals surface area contributed by atoms with Crippen LogP contribution in [0.5, 0.6) is 5.88 Å². The van der Waals surface area contributed by atoms with E-state index in [4.69, 9.17) is 9.47 Å². The molecule has 0 unspecified atom stereocenters. The summed E-state index contributed by atoms with van der Waals surface area (Å²) < 4.78 is 10.8. The highest BCUT2D eigenvalue weighted by Gasteiger charge is 2.28. The zero-order valence-electron chi connectivity index (χ0n) is 16.4. The number of carbonyl (C=O) groups excluding carboxylic acids is 3. The normalized spacial score (nSPS) is 10.6. The van der Waals surface area contributed by atoms with Gasteiger partial charge in [-0.3, -0.25) is 14.8 Å². The zero-order chi connectivity index (χ0) is 21.7. The number of fused-ring (bicyclic) bond motifs is 1. The summed E-state index contributed by atoms with van der Waals surface area (Å²) in [6, 6.07) is 5.49. The maximum atomic E-state index is 13.0. The van der Waals surface area contributed by atoms with E-state index in [0.717, 1.165) is 4.57 Å². The van der Waals surface area contributed by atoms with Crippen molar-refractivity contribution in [3.05, 3.63) is 47.9 Å². The summed E-state index contributed by atoms with van der Waals surface area (Å²) in [5.74, 6) is -1.89. The number of anilines is 1. The molecule has 0 aliphatic rings. The van der Waals surface area contributed by atoms with E-state index >= 15 is 0 Å². The van der Waals surface area contributed by atoms with E-state index in [1.807, 2.05) is 0 Å². The summed E-state index contributed by atoms with van der Waals surface area (Å²) in [4.78, 5) is 45.3. The van der Waals surface area contributed by atoms with Gasteiger partial charge in [0, 0.05) is 12.4 Å². The number of aromatic hydroxyl groups is 1. The molecule has 1 amide bonds. The lowest BCUT2D eigenvalue weighted by Crippen LogP contribution is -2.21. The van der Waals surface area contributed by atoms with Gasteiger partial charge in [-0.05, 0) is 38.1 Å². The van der Waals surface area contributed by atoms with Crippen LogP contribution in [0, 0.1) is 0 Å². The number of aromatic nitrogens is 3. The van der Waals surface area contributed by atoms with E-state index in [1.165, 1.54) is 18.5 Å². The number of rotatable bonds is 6. The summed E-state index contributed by atoms with van der Waals surface area (Å²) in [5, 5.41) is 13.2. The Morgan fingerprint density at radius 1 is 1.07 bits per heavy atom. The maximum Gasteiger partial charge on any atom is 0.345 e. The average molecular weight is 412 g/mol. The van der Waals surface area contributed by atoms with Crippen molar-refractivity contribution in [2.75, 3.05) is 18.5 Å². The summed E-state index contributed by atoms with van der Waals surface area (Å²) in [6.45, 7) is 3.63. The number of amides is 1. The molecule has 0 aliphatic heterocycles. The second kappa shape index (κ2) is 9.03. The van der Waals surface area contributed by atoms with E-state index in [9.17, 15) is 19.5 Å².